The third-order valence-electron chi connectivity index (χ3n) is 3.43. The quantitative estimate of drug-likeness (QED) is 0.594. The Kier molecular flexibility index (Phi) is 3.28. The molecule has 0 bridgehead atoms. The maximum absolute atomic E-state index is 14.2. The minimum Gasteiger partial charge on any atom is -0.384 e. The molecule has 2 amide bonds. The number of carbonyl (C=O) groups excluding carboxylic acids is 2. The molecule has 24 heavy (non-hydrogen) atoms. The number of para-hydroxylation sites is 1. The van der Waals surface area contributed by atoms with E-state index < -0.39 is 49.6 Å². The lowest BCUT2D eigenvalue weighted by atomic mass is 10.1. The summed E-state index contributed by atoms with van der Waals surface area (Å²) in [6.07, 6.45) is 0. The normalized spacial score (nSPS) is 13.8. The third kappa shape index (κ3) is 2.18. The highest BCUT2D eigenvalue weighted by atomic mass is 32.2. The standard InChI is InChI=1S/C13H9FN4O5S/c14-6-2-1-3-7(24(16,22)23)10(6)18-8(19)4-5-9(11(18)15)13(21)17-12(5)20/h1-4H,15H2,(H2,16,22,23)(H,17,20,21). The van der Waals surface area contributed by atoms with Crippen molar-refractivity contribution in [1.29, 1.82) is 0 Å². The number of imide groups is 1. The number of anilines is 1. The number of carbonyl (C=O) groups is 2. The van der Waals surface area contributed by atoms with Crippen LogP contribution in [0.3, 0.4) is 0 Å². The van der Waals surface area contributed by atoms with Gasteiger partial charge in [-0.3, -0.25) is 24.3 Å². The number of sulfonamides is 1. The van der Waals surface area contributed by atoms with Crippen molar-refractivity contribution < 1.29 is 22.4 Å². The molecule has 5 N–H and O–H groups in total. The second-order valence-corrected chi connectivity index (χ2v) is 6.44. The molecule has 0 unspecified atom stereocenters. The Morgan fingerprint density at radius 1 is 1.12 bits per heavy atom. The summed E-state index contributed by atoms with van der Waals surface area (Å²) in [5.41, 5.74) is 3.41. The first kappa shape index (κ1) is 15.8. The van der Waals surface area contributed by atoms with Gasteiger partial charge in [0, 0.05) is 6.07 Å². The van der Waals surface area contributed by atoms with Crippen LogP contribution < -0.4 is 21.7 Å². The lowest BCUT2D eigenvalue weighted by Crippen LogP contribution is -2.27. The minimum absolute atomic E-state index is 0.271. The second-order valence-electron chi connectivity index (χ2n) is 4.91. The molecule has 124 valence electrons. The molecule has 0 saturated heterocycles. The first-order chi connectivity index (χ1) is 11.1. The Balaban J connectivity index is 2.48. The van der Waals surface area contributed by atoms with Crippen LogP contribution in [-0.4, -0.2) is 24.8 Å². The number of nitrogens with zero attached hydrogens (tertiary/aromatic N) is 1. The van der Waals surface area contributed by atoms with Gasteiger partial charge in [0.05, 0.1) is 11.1 Å². The average molecular weight is 352 g/mol. The van der Waals surface area contributed by atoms with E-state index in [1.54, 1.807) is 0 Å². The number of nitrogen functional groups attached to an aromatic ring is 1. The van der Waals surface area contributed by atoms with Crippen molar-refractivity contribution in [3.8, 4) is 5.69 Å². The summed E-state index contributed by atoms with van der Waals surface area (Å²) < 4.78 is 38.1. The smallest absolute Gasteiger partial charge is 0.262 e. The molecule has 1 aliphatic rings. The van der Waals surface area contributed by atoms with Gasteiger partial charge >= 0.3 is 0 Å². The predicted octanol–water partition coefficient (Wildman–Crippen LogP) is -0.910. The van der Waals surface area contributed by atoms with E-state index >= 15 is 0 Å². The lowest BCUT2D eigenvalue weighted by Gasteiger charge is -2.15. The summed E-state index contributed by atoms with van der Waals surface area (Å²) in [6, 6.07) is 3.74. The zero-order valence-electron chi connectivity index (χ0n) is 11.7. The largest absolute Gasteiger partial charge is 0.384 e. The van der Waals surface area contributed by atoms with E-state index in [-0.39, 0.29) is 11.1 Å². The molecule has 0 atom stereocenters. The number of benzene rings is 1. The number of halogens is 1. The number of fused-ring (bicyclic) bond motifs is 1. The molecule has 11 heteroatoms. The predicted molar refractivity (Wildman–Crippen MR) is 79.6 cm³/mol. The van der Waals surface area contributed by atoms with Gasteiger partial charge in [0.2, 0.25) is 10.0 Å². The Morgan fingerprint density at radius 3 is 2.42 bits per heavy atom. The van der Waals surface area contributed by atoms with Crippen LogP contribution in [0, 0.1) is 5.82 Å². The first-order valence-corrected chi connectivity index (χ1v) is 7.90. The summed E-state index contributed by atoms with van der Waals surface area (Å²) in [4.78, 5) is 35.0. The monoisotopic (exact) mass is 352 g/mol. The van der Waals surface area contributed by atoms with Gasteiger partial charge in [0.15, 0.2) is 0 Å². The van der Waals surface area contributed by atoms with Crippen LogP contribution in [0.4, 0.5) is 10.2 Å². The molecule has 0 radical (unpaired) electrons. The Bertz CT molecular complexity index is 1090. The number of rotatable bonds is 2. The summed E-state index contributed by atoms with van der Waals surface area (Å²) in [5.74, 6) is -3.38. The highest BCUT2D eigenvalue weighted by Gasteiger charge is 2.33. The van der Waals surface area contributed by atoms with Gasteiger partial charge in [0.25, 0.3) is 17.4 Å². The molecule has 1 aromatic heterocycles. The Labute approximate surface area is 133 Å². The molecule has 0 spiro atoms. The fourth-order valence-corrected chi connectivity index (χ4v) is 3.18. The van der Waals surface area contributed by atoms with Gasteiger partial charge in [-0.25, -0.2) is 17.9 Å². The van der Waals surface area contributed by atoms with Gasteiger partial charge in [-0.05, 0) is 12.1 Å². The van der Waals surface area contributed by atoms with E-state index in [2.05, 4.69) is 0 Å². The van der Waals surface area contributed by atoms with Gasteiger partial charge < -0.3 is 5.73 Å². The molecule has 9 nitrogen and oxygen atoms in total. The van der Waals surface area contributed by atoms with E-state index in [0.29, 0.717) is 4.57 Å². The molecule has 1 aromatic carbocycles. The van der Waals surface area contributed by atoms with Gasteiger partial charge in [-0.15, -0.1) is 0 Å². The third-order valence-corrected chi connectivity index (χ3v) is 4.38. The number of hydrogen-bond donors (Lipinski definition) is 3. The summed E-state index contributed by atoms with van der Waals surface area (Å²) in [5, 5.41) is 6.98. The van der Waals surface area contributed by atoms with Crippen LogP contribution in [0.25, 0.3) is 5.69 Å². The molecule has 3 rings (SSSR count). The zero-order valence-corrected chi connectivity index (χ0v) is 12.6. The zero-order chi connectivity index (χ0) is 17.8. The maximum Gasteiger partial charge on any atom is 0.262 e. The van der Waals surface area contributed by atoms with Crippen LogP contribution in [0.1, 0.15) is 20.7 Å². The number of hydrogen-bond acceptors (Lipinski definition) is 6. The van der Waals surface area contributed by atoms with Gasteiger partial charge in [-0.2, -0.15) is 0 Å². The van der Waals surface area contributed by atoms with Crippen molar-refractivity contribution in [2.45, 2.75) is 4.90 Å². The van der Waals surface area contributed by atoms with Crippen molar-refractivity contribution >= 4 is 27.7 Å². The van der Waals surface area contributed by atoms with E-state index in [0.717, 1.165) is 24.3 Å². The Hall–Kier alpha value is -3.05. The van der Waals surface area contributed by atoms with Crippen LogP contribution in [0.2, 0.25) is 0 Å². The molecule has 0 fully saturated rings. The SMILES string of the molecule is Nc1c2c(cc(=O)n1-c1c(F)cccc1S(N)(=O)=O)C(=O)NC2=O. The Morgan fingerprint density at radius 2 is 1.79 bits per heavy atom. The van der Waals surface area contributed by atoms with Crippen molar-refractivity contribution in [2.24, 2.45) is 5.14 Å². The van der Waals surface area contributed by atoms with Gasteiger partial charge in [-0.1, -0.05) is 6.07 Å². The second kappa shape index (κ2) is 4.97. The number of primary sulfonamides is 1. The minimum atomic E-state index is -4.40. The summed E-state index contributed by atoms with van der Waals surface area (Å²) in [6.45, 7) is 0. The number of nitrogens with two attached hydrogens (primary N) is 2. The topological polar surface area (TPSA) is 154 Å². The average Bonchev–Trinajstić information content (AvgIpc) is 2.74. The summed E-state index contributed by atoms with van der Waals surface area (Å²) >= 11 is 0. The van der Waals surface area contributed by atoms with Crippen molar-refractivity contribution in [3.63, 3.8) is 0 Å². The molecule has 2 heterocycles. The van der Waals surface area contributed by atoms with Crippen molar-refractivity contribution in [2.75, 3.05) is 5.73 Å². The number of pyridine rings is 1. The van der Waals surface area contributed by atoms with Crippen molar-refractivity contribution in [3.05, 3.63) is 51.6 Å². The number of amides is 2. The van der Waals surface area contributed by atoms with Crippen LogP contribution in [0.15, 0.2) is 34.0 Å². The maximum atomic E-state index is 14.2. The highest BCUT2D eigenvalue weighted by molar-refractivity contribution is 7.89. The molecular weight excluding hydrogens is 343 g/mol. The molecule has 1 aliphatic heterocycles. The van der Waals surface area contributed by atoms with E-state index in [1.165, 1.54) is 0 Å². The fraction of sp³-hybridized carbons (Fsp3) is 0. The van der Waals surface area contributed by atoms with Crippen molar-refractivity contribution in [1.82, 2.24) is 9.88 Å². The lowest BCUT2D eigenvalue weighted by molar-refractivity contribution is 0.0880. The highest BCUT2D eigenvalue weighted by Crippen LogP contribution is 2.27. The van der Waals surface area contributed by atoms with E-state index in [9.17, 15) is 27.2 Å². The van der Waals surface area contributed by atoms with E-state index in [4.69, 9.17) is 10.9 Å². The fourth-order valence-electron chi connectivity index (χ4n) is 2.45. The van der Waals surface area contributed by atoms with Crippen LogP contribution >= 0.6 is 0 Å². The van der Waals surface area contributed by atoms with Gasteiger partial charge in [0.1, 0.15) is 22.2 Å². The first-order valence-electron chi connectivity index (χ1n) is 6.36. The number of nitrogens with one attached hydrogen (secondary N) is 1. The van der Waals surface area contributed by atoms with Crippen LogP contribution in [0.5, 0.6) is 0 Å². The molecular formula is C13H9FN4O5S. The van der Waals surface area contributed by atoms with E-state index in [1.807, 2.05) is 5.32 Å². The summed E-state index contributed by atoms with van der Waals surface area (Å²) in [7, 11) is -4.40. The number of aromatic nitrogens is 1. The molecule has 0 saturated carbocycles. The van der Waals surface area contributed by atoms with Crippen LogP contribution in [-0.2, 0) is 10.0 Å². The molecule has 0 aliphatic carbocycles. The molecule has 2 aromatic rings.